The Hall–Kier alpha value is -2.61. The SMILES string of the molecule is CC/C=C\C/C=C\C/C=C\C/C=C\C/C=C\C/C=C\C/C=C\C/C=C\CCCCCCC(=O)O. The van der Waals surface area contributed by atoms with E-state index in [1.807, 2.05) is 0 Å². The topological polar surface area (TPSA) is 37.3 Å². The van der Waals surface area contributed by atoms with Crippen LogP contribution in [0.15, 0.2) is 97.2 Å². The van der Waals surface area contributed by atoms with Crippen LogP contribution in [0.3, 0.4) is 0 Å². The summed E-state index contributed by atoms with van der Waals surface area (Å²) in [6.45, 7) is 2.16. The third-order valence-corrected chi connectivity index (χ3v) is 4.99. The highest BCUT2D eigenvalue weighted by Gasteiger charge is 1.95. The zero-order valence-corrected chi connectivity index (χ0v) is 21.5. The molecule has 188 valence electrons. The number of rotatable bonds is 22. The summed E-state index contributed by atoms with van der Waals surface area (Å²) < 4.78 is 0. The maximum atomic E-state index is 10.4. The Morgan fingerprint density at radius 3 is 1.15 bits per heavy atom. The van der Waals surface area contributed by atoms with Crippen LogP contribution in [-0.4, -0.2) is 11.1 Å². The van der Waals surface area contributed by atoms with Crippen molar-refractivity contribution in [2.24, 2.45) is 0 Å². The predicted octanol–water partition coefficient (Wildman–Crippen LogP) is 10.0. The zero-order chi connectivity index (χ0) is 24.8. The van der Waals surface area contributed by atoms with Crippen LogP contribution in [-0.2, 0) is 4.79 Å². The van der Waals surface area contributed by atoms with Gasteiger partial charge in [0, 0.05) is 6.42 Å². The second kappa shape index (κ2) is 28.4. The molecule has 0 aromatic heterocycles. The summed E-state index contributed by atoms with van der Waals surface area (Å²) >= 11 is 0. The summed E-state index contributed by atoms with van der Waals surface area (Å²) in [5, 5.41) is 8.58. The highest BCUT2D eigenvalue weighted by atomic mass is 16.4. The molecule has 1 N–H and O–H groups in total. The van der Waals surface area contributed by atoms with Gasteiger partial charge < -0.3 is 5.11 Å². The average molecular weight is 465 g/mol. The molecule has 2 heteroatoms. The van der Waals surface area contributed by atoms with E-state index in [1.54, 1.807) is 0 Å². The maximum absolute atomic E-state index is 10.4. The fourth-order valence-corrected chi connectivity index (χ4v) is 3.07. The molecule has 0 fully saturated rings. The number of carbonyl (C=O) groups is 1. The fourth-order valence-electron chi connectivity index (χ4n) is 3.07. The molecule has 0 radical (unpaired) electrons. The van der Waals surface area contributed by atoms with Crippen LogP contribution >= 0.6 is 0 Å². The first-order valence-corrected chi connectivity index (χ1v) is 13.2. The maximum Gasteiger partial charge on any atom is 0.303 e. The van der Waals surface area contributed by atoms with E-state index in [-0.39, 0.29) is 0 Å². The van der Waals surface area contributed by atoms with E-state index in [2.05, 4.69) is 104 Å². The van der Waals surface area contributed by atoms with Crippen LogP contribution in [0.1, 0.15) is 96.8 Å². The van der Waals surface area contributed by atoms with Crippen molar-refractivity contribution in [2.45, 2.75) is 96.8 Å². The molecule has 0 aliphatic rings. The normalized spacial score (nSPS) is 13.2. The van der Waals surface area contributed by atoms with Gasteiger partial charge in [-0.25, -0.2) is 0 Å². The molecule has 0 atom stereocenters. The molecule has 0 unspecified atom stereocenters. The molecular formula is C32H48O2. The molecule has 0 saturated heterocycles. The number of carboxylic acids is 1. The van der Waals surface area contributed by atoms with E-state index in [0.29, 0.717) is 6.42 Å². The molecule has 0 heterocycles. The number of aliphatic carboxylic acids is 1. The van der Waals surface area contributed by atoms with Crippen molar-refractivity contribution in [1.29, 1.82) is 0 Å². The van der Waals surface area contributed by atoms with Crippen molar-refractivity contribution in [3.63, 3.8) is 0 Å². The number of hydrogen-bond donors (Lipinski definition) is 1. The van der Waals surface area contributed by atoms with E-state index >= 15 is 0 Å². The Bertz CT molecular complexity index is 684. The molecule has 0 spiro atoms. The van der Waals surface area contributed by atoms with Crippen molar-refractivity contribution < 1.29 is 9.90 Å². The first-order valence-electron chi connectivity index (χ1n) is 13.2. The van der Waals surface area contributed by atoms with E-state index in [9.17, 15) is 4.79 Å². The van der Waals surface area contributed by atoms with Gasteiger partial charge in [0.1, 0.15) is 0 Å². The third-order valence-electron chi connectivity index (χ3n) is 4.99. The van der Waals surface area contributed by atoms with Gasteiger partial charge in [0.25, 0.3) is 0 Å². The predicted molar refractivity (Wildman–Crippen MR) is 151 cm³/mol. The van der Waals surface area contributed by atoms with Gasteiger partial charge in [-0.05, 0) is 70.6 Å². The molecule has 2 nitrogen and oxygen atoms in total. The summed E-state index contributed by atoms with van der Waals surface area (Å²) in [5.74, 6) is -0.685. The van der Waals surface area contributed by atoms with Crippen molar-refractivity contribution in [3.8, 4) is 0 Å². The minimum absolute atomic E-state index is 0.303. The average Bonchev–Trinajstić information content (AvgIpc) is 2.83. The van der Waals surface area contributed by atoms with E-state index < -0.39 is 5.97 Å². The number of hydrogen-bond acceptors (Lipinski definition) is 1. The van der Waals surface area contributed by atoms with Crippen LogP contribution in [0.25, 0.3) is 0 Å². The van der Waals surface area contributed by atoms with Gasteiger partial charge in [-0.3, -0.25) is 4.79 Å². The van der Waals surface area contributed by atoms with Gasteiger partial charge in [0.15, 0.2) is 0 Å². The summed E-state index contributed by atoms with van der Waals surface area (Å²) in [5.41, 5.74) is 0. The summed E-state index contributed by atoms with van der Waals surface area (Å²) in [6, 6.07) is 0. The quantitative estimate of drug-likeness (QED) is 0.128. The largest absolute Gasteiger partial charge is 0.481 e. The molecule has 0 bridgehead atoms. The Morgan fingerprint density at radius 1 is 0.471 bits per heavy atom. The van der Waals surface area contributed by atoms with Gasteiger partial charge in [0.2, 0.25) is 0 Å². The van der Waals surface area contributed by atoms with Gasteiger partial charge in [-0.15, -0.1) is 0 Å². The second-order valence-electron chi connectivity index (χ2n) is 8.18. The van der Waals surface area contributed by atoms with Crippen molar-refractivity contribution in [1.82, 2.24) is 0 Å². The highest BCUT2D eigenvalue weighted by Crippen LogP contribution is 2.06. The minimum atomic E-state index is -0.685. The zero-order valence-electron chi connectivity index (χ0n) is 21.5. The smallest absolute Gasteiger partial charge is 0.303 e. The third kappa shape index (κ3) is 29.4. The van der Waals surface area contributed by atoms with Gasteiger partial charge >= 0.3 is 5.97 Å². The van der Waals surface area contributed by atoms with Crippen molar-refractivity contribution in [3.05, 3.63) is 97.2 Å². The molecule has 0 amide bonds. The van der Waals surface area contributed by atoms with Gasteiger partial charge in [-0.1, -0.05) is 117 Å². The molecular weight excluding hydrogens is 416 g/mol. The monoisotopic (exact) mass is 464 g/mol. The molecule has 0 aromatic carbocycles. The molecule has 0 saturated carbocycles. The molecule has 0 aromatic rings. The van der Waals surface area contributed by atoms with Crippen LogP contribution < -0.4 is 0 Å². The number of unbranched alkanes of at least 4 members (excludes halogenated alkanes) is 4. The number of carboxylic acid groups (broad SMARTS) is 1. The fraction of sp³-hybridized carbons (Fsp3) is 0.469. The lowest BCUT2D eigenvalue weighted by Crippen LogP contribution is -1.93. The summed E-state index contributed by atoms with van der Waals surface area (Å²) in [6.07, 6.45) is 49.2. The van der Waals surface area contributed by atoms with E-state index in [4.69, 9.17) is 5.11 Å². The van der Waals surface area contributed by atoms with Crippen LogP contribution in [0.4, 0.5) is 0 Å². The number of allylic oxidation sites excluding steroid dienone is 16. The first kappa shape index (κ1) is 31.4. The van der Waals surface area contributed by atoms with Crippen molar-refractivity contribution in [2.75, 3.05) is 0 Å². The van der Waals surface area contributed by atoms with Crippen LogP contribution in [0.5, 0.6) is 0 Å². The Labute approximate surface area is 209 Å². The van der Waals surface area contributed by atoms with Gasteiger partial charge in [0.05, 0.1) is 0 Å². The first-order chi connectivity index (χ1) is 16.8. The lowest BCUT2D eigenvalue weighted by Gasteiger charge is -1.96. The summed E-state index contributed by atoms with van der Waals surface area (Å²) in [7, 11) is 0. The highest BCUT2D eigenvalue weighted by molar-refractivity contribution is 5.66. The summed E-state index contributed by atoms with van der Waals surface area (Å²) in [4.78, 5) is 10.4. The second-order valence-corrected chi connectivity index (χ2v) is 8.18. The molecule has 34 heavy (non-hydrogen) atoms. The van der Waals surface area contributed by atoms with Crippen LogP contribution in [0.2, 0.25) is 0 Å². The Kier molecular flexibility index (Phi) is 26.2. The molecule has 0 aliphatic carbocycles. The van der Waals surface area contributed by atoms with E-state index in [1.165, 1.54) is 0 Å². The lowest BCUT2D eigenvalue weighted by atomic mass is 10.1. The van der Waals surface area contributed by atoms with Crippen LogP contribution in [0, 0.1) is 0 Å². The molecule has 0 aliphatic heterocycles. The standard InChI is InChI=1S/C32H48O2/c1-2-3-4-5-6-7-8-9-10-11-12-13-14-15-16-17-18-19-20-21-22-23-24-25-26-27-28-29-30-31-32(33)34/h3-4,6-7,9-10,12-13,15-16,18-19,21-22,24-25H,2,5,8,11,14,17,20,23,26-31H2,1H3,(H,33,34)/b4-3-,7-6-,10-9-,13-12-,16-15-,19-18-,22-21-,25-24-. The lowest BCUT2D eigenvalue weighted by molar-refractivity contribution is -0.137. The Morgan fingerprint density at radius 2 is 0.794 bits per heavy atom. The van der Waals surface area contributed by atoms with Crippen molar-refractivity contribution >= 4 is 5.97 Å². The minimum Gasteiger partial charge on any atom is -0.481 e. The Balaban J connectivity index is 3.52. The van der Waals surface area contributed by atoms with Gasteiger partial charge in [-0.2, -0.15) is 0 Å². The van der Waals surface area contributed by atoms with E-state index in [0.717, 1.165) is 83.5 Å². The molecule has 0 rings (SSSR count).